The first-order valence-corrected chi connectivity index (χ1v) is 9.47. The van der Waals surface area contributed by atoms with Crippen molar-refractivity contribution in [2.75, 3.05) is 0 Å². The Bertz CT molecular complexity index is 911. The highest BCUT2D eigenvalue weighted by molar-refractivity contribution is 7.89. The molecule has 0 unspecified atom stereocenters. The minimum atomic E-state index is -4.24. The lowest BCUT2D eigenvalue weighted by Gasteiger charge is -2.18. The molecule has 6 nitrogen and oxygen atoms in total. The van der Waals surface area contributed by atoms with E-state index in [-0.39, 0.29) is 0 Å². The minimum absolute atomic E-state index is 0.481. The van der Waals surface area contributed by atoms with Crippen molar-refractivity contribution in [1.29, 1.82) is 0 Å². The summed E-state index contributed by atoms with van der Waals surface area (Å²) in [6, 6.07) is 8.21. The van der Waals surface area contributed by atoms with Crippen molar-refractivity contribution in [2.45, 2.75) is 31.8 Å². The third kappa shape index (κ3) is 4.72. The van der Waals surface area contributed by atoms with Crippen LogP contribution in [0.2, 0.25) is 5.02 Å². The molecule has 0 spiro atoms. The van der Waals surface area contributed by atoms with Crippen molar-refractivity contribution in [3.8, 4) is 5.75 Å². The normalized spacial score (nSPS) is 12.5. The molecule has 0 saturated heterocycles. The van der Waals surface area contributed by atoms with Gasteiger partial charge in [-0.3, -0.25) is 10.2 Å². The second-order valence-corrected chi connectivity index (χ2v) is 7.74. The van der Waals surface area contributed by atoms with Gasteiger partial charge in [0.15, 0.2) is 6.10 Å². The van der Waals surface area contributed by atoms with Crippen molar-refractivity contribution in [3.63, 3.8) is 0 Å². The summed E-state index contributed by atoms with van der Waals surface area (Å²) in [6.45, 7) is 5.01. The van der Waals surface area contributed by atoms with Gasteiger partial charge < -0.3 is 4.74 Å². The highest BCUT2D eigenvalue weighted by atomic mass is 35.5. The maximum atomic E-state index is 13.6. The topological polar surface area (TPSA) is 84.5 Å². The average Bonchev–Trinajstić information content (AvgIpc) is 2.56. The molecule has 1 atom stereocenters. The van der Waals surface area contributed by atoms with Crippen LogP contribution in [0.3, 0.4) is 0 Å². The molecular weight excluding hydrogens is 383 g/mol. The van der Waals surface area contributed by atoms with Crippen LogP contribution in [0.5, 0.6) is 5.75 Å². The predicted octanol–water partition coefficient (Wildman–Crippen LogP) is 2.87. The summed E-state index contributed by atoms with van der Waals surface area (Å²) in [5.41, 5.74) is 3.50. The van der Waals surface area contributed by atoms with Gasteiger partial charge in [0.25, 0.3) is 15.9 Å². The zero-order chi connectivity index (χ0) is 19.5. The monoisotopic (exact) mass is 400 g/mol. The van der Waals surface area contributed by atoms with Crippen LogP contribution in [0.4, 0.5) is 4.39 Å². The zero-order valence-electron chi connectivity index (χ0n) is 14.3. The van der Waals surface area contributed by atoms with E-state index in [1.807, 2.05) is 10.3 Å². The largest absolute Gasteiger partial charge is 0.480 e. The molecule has 1 amide bonds. The summed E-state index contributed by atoms with van der Waals surface area (Å²) in [4.78, 5) is 13.4. The Kier molecular flexibility index (Phi) is 6.22. The number of halogens is 2. The summed E-state index contributed by atoms with van der Waals surface area (Å²) in [5.74, 6) is -1.18. The van der Waals surface area contributed by atoms with E-state index in [1.54, 1.807) is 26.0 Å². The number of hydrazine groups is 1. The molecule has 2 aromatic carbocycles. The third-order valence-electron chi connectivity index (χ3n) is 3.52. The van der Waals surface area contributed by atoms with Crippen LogP contribution in [0.15, 0.2) is 41.3 Å². The van der Waals surface area contributed by atoms with Crippen molar-refractivity contribution in [2.24, 2.45) is 0 Å². The Morgan fingerprint density at radius 2 is 1.77 bits per heavy atom. The number of nitrogens with one attached hydrogen (secondary N) is 2. The van der Waals surface area contributed by atoms with Crippen LogP contribution in [-0.4, -0.2) is 20.4 Å². The number of carbonyl (C=O) groups excluding carboxylic acids is 1. The second-order valence-electron chi connectivity index (χ2n) is 5.65. The molecule has 0 saturated carbocycles. The molecule has 9 heteroatoms. The maximum absolute atomic E-state index is 13.6. The van der Waals surface area contributed by atoms with Crippen molar-refractivity contribution < 1.29 is 22.3 Å². The molecule has 2 N–H and O–H groups in total. The van der Waals surface area contributed by atoms with Crippen molar-refractivity contribution in [1.82, 2.24) is 10.3 Å². The van der Waals surface area contributed by atoms with E-state index in [4.69, 9.17) is 16.3 Å². The van der Waals surface area contributed by atoms with Gasteiger partial charge in [-0.2, -0.15) is 0 Å². The van der Waals surface area contributed by atoms with Gasteiger partial charge in [0.1, 0.15) is 16.5 Å². The summed E-state index contributed by atoms with van der Waals surface area (Å²) in [7, 11) is -4.24. The maximum Gasteiger partial charge on any atom is 0.275 e. The number of carbonyl (C=O) groups is 1. The van der Waals surface area contributed by atoms with Crippen LogP contribution in [0, 0.1) is 19.7 Å². The van der Waals surface area contributed by atoms with E-state index >= 15 is 0 Å². The molecule has 0 bridgehead atoms. The van der Waals surface area contributed by atoms with Crippen LogP contribution >= 0.6 is 11.6 Å². The third-order valence-corrected chi connectivity index (χ3v) is 5.02. The Hall–Kier alpha value is -2.16. The molecule has 0 aliphatic carbocycles. The molecule has 0 heterocycles. The van der Waals surface area contributed by atoms with Gasteiger partial charge in [0, 0.05) is 5.02 Å². The Morgan fingerprint density at radius 1 is 1.19 bits per heavy atom. The van der Waals surface area contributed by atoms with E-state index in [0.29, 0.717) is 10.8 Å². The molecule has 0 aliphatic heterocycles. The van der Waals surface area contributed by atoms with Gasteiger partial charge in [0.2, 0.25) is 0 Å². The first kappa shape index (κ1) is 20.2. The highest BCUT2D eigenvalue weighted by Gasteiger charge is 2.22. The lowest BCUT2D eigenvalue weighted by atomic mass is 10.1. The molecule has 0 aliphatic rings. The molecule has 26 heavy (non-hydrogen) atoms. The summed E-state index contributed by atoms with van der Waals surface area (Å²) >= 11 is 5.95. The quantitative estimate of drug-likeness (QED) is 0.730. The van der Waals surface area contributed by atoms with Crippen LogP contribution < -0.4 is 15.0 Å². The average molecular weight is 401 g/mol. The van der Waals surface area contributed by atoms with Crippen molar-refractivity contribution >= 4 is 27.5 Å². The fourth-order valence-electron chi connectivity index (χ4n) is 2.25. The Labute approximate surface area is 156 Å². The van der Waals surface area contributed by atoms with Gasteiger partial charge in [-0.25, -0.2) is 12.8 Å². The molecule has 2 aromatic rings. The van der Waals surface area contributed by atoms with Crippen LogP contribution in [0.25, 0.3) is 0 Å². The number of rotatable bonds is 6. The summed E-state index contributed by atoms with van der Waals surface area (Å²) < 4.78 is 43.3. The van der Waals surface area contributed by atoms with Crippen LogP contribution in [-0.2, 0) is 14.8 Å². The summed E-state index contributed by atoms with van der Waals surface area (Å²) in [5, 5.41) is 0.544. The number of hydrogen-bond donors (Lipinski definition) is 2. The second kappa shape index (κ2) is 8.03. The molecule has 0 radical (unpaired) electrons. The van der Waals surface area contributed by atoms with E-state index in [2.05, 4.69) is 0 Å². The van der Waals surface area contributed by atoms with E-state index in [9.17, 15) is 17.6 Å². The highest BCUT2D eigenvalue weighted by Crippen LogP contribution is 2.27. The SMILES string of the molecule is Cc1cc(Cl)cc(C)c1O[C@H](C)C(=O)NNS(=O)(=O)c1ccccc1F. The van der Waals surface area contributed by atoms with Crippen molar-refractivity contribution in [3.05, 3.63) is 58.4 Å². The van der Waals surface area contributed by atoms with Crippen LogP contribution in [0.1, 0.15) is 18.1 Å². The minimum Gasteiger partial charge on any atom is -0.480 e. The molecule has 0 fully saturated rings. The van der Waals surface area contributed by atoms with Gasteiger partial charge in [-0.1, -0.05) is 23.7 Å². The number of sulfonamides is 1. The molecule has 2 rings (SSSR count). The van der Waals surface area contributed by atoms with E-state index in [1.165, 1.54) is 19.1 Å². The fraction of sp³-hybridized carbons (Fsp3) is 0.235. The lowest BCUT2D eigenvalue weighted by Crippen LogP contribution is -2.47. The standard InChI is InChI=1S/C17H18ClFN2O4S/c1-10-8-13(18)9-11(2)16(10)25-12(3)17(22)20-21-26(23,24)15-7-5-4-6-14(15)19/h4-9,12,21H,1-3H3,(H,20,22)/t12-/m1/s1. The van der Waals surface area contributed by atoms with E-state index < -0.39 is 32.7 Å². The number of aryl methyl sites for hydroxylation is 2. The number of benzene rings is 2. The Balaban J connectivity index is 2.05. The van der Waals surface area contributed by atoms with Gasteiger partial charge in [-0.15, -0.1) is 4.83 Å². The fourth-order valence-corrected chi connectivity index (χ4v) is 3.51. The Morgan fingerprint density at radius 3 is 2.35 bits per heavy atom. The first-order chi connectivity index (χ1) is 12.1. The lowest BCUT2D eigenvalue weighted by molar-refractivity contribution is -0.127. The zero-order valence-corrected chi connectivity index (χ0v) is 15.9. The first-order valence-electron chi connectivity index (χ1n) is 7.61. The van der Waals surface area contributed by atoms with Gasteiger partial charge in [-0.05, 0) is 56.2 Å². The van der Waals surface area contributed by atoms with Gasteiger partial charge >= 0.3 is 0 Å². The van der Waals surface area contributed by atoms with Gasteiger partial charge in [0.05, 0.1) is 0 Å². The predicted molar refractivity (Wildman–Crippen MR) is 95.9 cm³/mol. The number of hydrogen-bond acceptors (Lipinski definition) is 4. The smallest absolute Gasteiger partial charge is 0.275 e. The molecule has 140 valence electrons. The summed E-state index contributed by atoms with van der Waals surface area (Å²) in [6.07, 6.45) is -1.00. The number of ether oxygens (including phenoxy) is 1. The molecule has 0 aromatic heterocycles. The molecular formula is C17H18ClFN2O4S. The number of amides is 1. The van der Waals surface area contributed by atoms with E-state index in [0.717, 1.165) is 23.3 Å².